The van der Waals surface area contributed by atoms with E-state index in [4.69, 9.17) is 5.11 Å². The molecule has 38 heavy (non-hydrogen) atoms. The molecule has 198 valence electrons. The summed E-state index contributed by atoms with van der Waals surface area (Å²) in [7, 11) is 0. The highest BCUT2D eigenvalue weighted by atomic mass is 19.4. The molecule has 0 radical (unpaired) electrons. The second-order valence-electron chi connectivity index (χ2n) is 9.11. The van der Waals surface area contributed by atoms with Crippen LogP contribution in [0.2, 0.25) is 0 Å². The van der Waals surface area contributed by atoms with Gasteiger partial charge in [0.25, 0.3) is 0 Å². The van der Waals surface area contributed by atoms with Crippen LogP contribution in [0.3, 0.4) is 0 Å². The molecule has 0 saturated heterocycles. The van der Waals surface area contributed by atoms with Crippen molar-refractivity contribution in [2.45, 2.75) is 57.7 Å². The number of carboxylic acid groups (broad SMARTS) is 1. The van der Waals surface area contributed by atoms with Gasteiger partial charge >= 0.3 is 18.1 Å². The van der Waals surface area contributed by atoms with Gasteiger partial charge < -0.3 is 10.4 Å². The number of unbranched alkanes of at least 4 members (excludes halogenated alkanes) is 3. The number of nitrogens with one attached hydrogen (secondary N) is 1. The third-order valence-corrected chi connectivity index (χ3v) is 6.16. The Kier molecular flexibility index (Phi) is 10.1. The van der Waals surface area contributed by atoms with Gasteiger partial charge in [0.15, 0.2) is 0 Å². The number of hydrogen-bond donors (Lipinski definition) is 2. The summed E-state index contributed by atoms with van der Waals surface area (Å²) < 4.78 is 38.8. The molecule has 0 bridgehead atoms. The molecule has 3 rings (SSSR count). The van der Waals surface area contributed by atoms with E-state index in [0.29, 0.717) is 5.56 Å². The second-order valence-corrected chi connectivity index (χ2v) is 9.11. The molecule has 0 aliphatic carbocycles. The predicted octanol–water partition coefficient (Wildman–Crippen LogP) is 6.71. The Morgan fingerprint density at radius 3 is 1.87 bits per heavy atom. The summed E-state index contributed by atoms with van der Waals surface area (Å²) >= 11 is 0. The van der Waals surface area contributed by atoms with Crippen molar-refractivity contribution in [3.05, 3.63) is 106 Å². The average Bonchev–Trinajstić information content (AvgIpc) is 2.90. The van der Waals surface area contributed by atoms with E-state index in [1.54, 1.807) is 12.1 Å². The number of amides is 1. The molecule has 0 saturated carbocycles. The Hall–Kier alpha value is -4.05. The normalized spacial score (nSPS) is 11.8. The van der Waals surface area contributed by atoms with Crippen LogP contribution < -0.4 is 5.32 Å². The second kappa shape index (κ2) is 13.5. The third-order valence-electron chi connectivity index (χ3n) is 6.16. The number of aryl methyl sites for hydroxylation is 1. The number of rotatable bonds is 9. The minimum Gasteiger partial charge on any atom is -0.474 e. The van der Waals surface area contributed by atoms with Crippen LogP contribution in [-0.4, -0.2) is 17.0 Å². The number of carbonyl (C=O) groups excluding carboxylic acids is 1. The van der Waals surface area contributed by atoms with Gasteiger partial charge in [-0.05, 0) is 72.4 Å². The smallest absolute Gasteiger partial charge is 0.416 e. The molecule has 0 spiro atoms. The standard InChI is InChI=1S/C31H30F3NO3/c1-2-3-4-5-6-22-7-9-23(10-8-22)11-12-24-13-15-25(16-14-24)21-28(35-29(36)30(37)38)26-17-19-27(20-18-26)31(32,33)34/h7-10,13-20,28H,2-6,21H2,1H3,(H,35,36)(H,37,38). The van der Waals surface area contributed by atoms with Crippen molar-refractivity contribution in [1.82, 2.24) is 5.32 Å². The van der Waals surface area contributed by atoms with Gasteiger partial charge in [-0.15, -0.1) is 0 Å². The van der Waals surface area contributed by atoms with E-state index in [-0.39, 0.29) is 6.42 Å². The van der Waals surface area contributed by atoms with Gasteiger partial charge in [0, 0.05) is 11.1 Å². The third kappa shape index (κ3) is 8.81. The summed E-state index contributed by atoms with van der Waals surface area (Å²) in [6.45, 7) is 2.20. The summed E-state index contributed by atoms with van der Waals surface area (Å²) in [6, 6.07) is 18.9. The molecule has 0 aliphatic heterocycles. The average molecular weight is 522 g/mol. The number of carbonyl (C=O) groups is 2. The van der Waals surface area contributed by atoms with Crippen molar-refractivity contribution in [1.29, 1.82) is 0 Å². The van der Waals surface area contributed by atoms with Crippen molar-refractivity contribution in [3.63, 3.8) is 0 Å². The molecular weight excluding hydrogens is 491 g/mol. The number of aliphatic carboxylic acids is 1. The Labute approximate surface area is 220 Å². The summed E-state index contributed by atoms with van der Waals surface area (Å²) in [5, 5.41) is 11.4. The van der Waals surface area contributed by atoms with E-state index in [2.05, 4.69) is 36.2 Å². The first kappa shape index (κ1) is 28.5. The van der Waals surface area contributed by atoms with E-state index in [0.717, 1.165) is 35.2 Å². The number of benzene rings is 3. The van der Waals surface area contributed by atoms with E-state index < -0.39 is 29.7 Å². The van der Waals surface area contributed by atoms with Crippen LogP contribution in [-0.2, 0) is 28.6 Å². The maximum Gasteiger partial charge on any atom is 0.416 e. The van der Waals surface area contributed by atoms with Crippen LogP contribution in [0.15, 0.2) is 72.8 Å². The monoisotopic (exact) mass is 521 g/mol. The number of halogens is 3. The Morgan fingerprint density at radius 2 is 1.37 bits per heavy atom. The van der Waals surface area contributed by atoms with Gasteiger partial charge in [0.05, 0.1) is 11.6 Å². The highest BCUT2D eigenvalue weighted by Gasteiger charge is 2.30. The van der Waals surface area contributed by atoms with Gasteiger partial charge in [0.2, 0.25) is 0 Å². The van der Waals surface area contributed by atoms with Gasteiger partial charge in [-0.3, -0.25) is 4.79 Å². The fraction of sp³-hybridized carbons (Fsp3) is 0.290. The summed E-state index contributed by atoms with van der Waals surface area (Å²) in [5.74, 6) is 3.36. The first-order valence-electron chi connectivity index (χ1n) is 12.6. The molecule has 0 aliphatic rings. The Morgan fingerprint density at radius 1 is 0.816 bits per heavy atom. The SMILES string of the molecule is CCCCCCc1ccc(C#Cc2ccc(CC(NC(=O)C(=O)O)c3ccc(C(F)(F)F)cc3)cc2)cc1. The quantitative estimate of drug-likeness (QED) is 0.187. The van der Waals surface area contributed by atoms with Crippen molar-refractivity contribution in [3.8, 4) is 11.8 Å². The summed E-state index contributed by atoms with van der Waals surface area (Å²) in [5.41, 5.74) is 3.29. The molecule has 0 fully saturated rings. The zero-order valence-corrected chi connectivity index (χ0v) is 21.1. The molecule has 0 heterocycles. The van der Waals surface area contributed by atoms with Crippen LogP contribution in [0, 0.1) is 11.8 Å². The molecule has 2 N–H and O–H groups in total. The van der Waals surface area contributed by atoms with Gasteiger partial charge in [-0.2, -0.15) is 13.2 Å². The van der Waals surface area contributed by atoms with Crippen LogP contribution in [0.5, 0.6) is 0 Å². The Bertz CT molecular complexity index is 1270. The van der Waals surface area contributed by atoms with E-state index in [1.165, 1.54) is 43.4 Å². The lowest BCUT2D eigenvalue weighted by atomic mass is 9.97. The van der Waals surface area contributed by atoms with Gasteiger partial charge in [0.1, 0.15) is 0 Å². The van der Waals surface area contributed by atoms with Crippen molar-refractivity contribution < 1.29 is 27.9 Å². The van der Waals surface area contributed by atoms with E-state index in [1.807, 2.05) is 24.3 Å². The lowest BCUT2D eigenvalue weighted by molar-refractivity contribution is -0.150. The number of hydrogen-bond acceptors (Lipinski definition) is 2. The molecule has 1 amide bonds. The first-order chi connectivity index (χ1) is 18.2. The molecule has 1 atom stereocenters. The minimum atomic E-state index is -4.49. The van der Waals surface area contributed by atoms with Crippen molar-refractivity contribution >= 4 is 11.9 Å². The molecule has 0 aromatic heterocycles. The highest BCUT2D eigenvalue weighted by molar-refractivity contribution is 6.31. The zero-order chi connectivity index (χ0) is 27.5. The molecule has 4 nitrogen and oxygen atoms in total. The minimum absolute atomic E-state index is 0.192. The van der Waals surface area contributed by atoms with Crippen LogP contribution in [0.1, 0.15) is 72.0 Å². The number of alkyl halides is 3. The molecule has 7 heteroatoms. The van der Waals surface area contributed by atoms with E-state index in [9.17, 15) is 22.8 Å². The highest BCUT2D eigenvalue weighted by Crippen LogP contribution is 2.30. The molecular formula is C31H30F3NO3. The zero-order valence-electron chi connectivity index (χ0n) is 21.1. The number of carboxylic acids is 1. The fourth-order valence-corrected chi connectivity index (χ4v) is 3.99. The van der Waals surface area contributed by atoms with Crippen molar-refractivity contribution in [2.24, 2.45) is 0 Å². The van der Waals surface area contributed by atoms with Crippen LogP contribution in [0.4, 0.5) is 13.2 Å². The maximum atomic E-state index is 12.9. The van der Waals surface area contributed by atoms with Crippen LogP contribution in [0.25, 0.3) is 0 Å². The maximum absolute atomic E-state index is 12.9. The first-order valence-corrected chi connectivity index (χ1v) is 12.6. The predicted molar refractivity (Wildman–Crippen MR) is 140 cm³/mol. The topological polar surface area (TPSA) is 66.4 Å². The molecule has 3 aromatic rings. The van der Waals surface area contributed by atoms with Crippen LogP contribution >= 0.6 is 0 Å². The fourth-order valence-electron chi connectivity index (χ4n) is 3.99. The largest absolute Gasteiger partial charge is 0.474 e. The summed E-state index contributed by atoms with van der Waals surface area (Å²) in [6.07, 6.45) is 1.67. The van der Waals surface area contributed by atoms with Gasteiger partial charge in [-0.1, -0.05) is 74.4 Å². The molecule has 3 aromatic carbocycles. The Balaban J connectivity index is 1.68. The molecule has 1 unspecified atom stereocenters. The van der Waals surface area contributed by atoms with Gasteiger partial charge in [-0.25, -0.2) is 4.79 Å². The van der Waals surface area contributed by atoms with E-state index >= 15 is 0 Å². The lowest BCUT2D eigenvalue weighted by Crippen LogP contribution is -2.35. The lowest BCUT2D eigenvalue weighted by Gasteiger charge is -2.19. The van der Waals surface area contributed by atoms with Crippen molar-refractivity contribution in [2.75, 3.05) is 0 Å². The summed E-state index contributed by atoms with van der Waals surface area (Å²) in [4.78, 5) is 22.9.